The summed E-state index contributed by atoms with van der Waals surface area (Å²) in [6, 6.07) is 28.9. The van der Waals surface area contributed by atoms with Crippen LogP contribution in [0.1, 0.15) is 106 Å². The Labute approximate surface area is 343 Å². The molecule has 0 aromatic heterocycles. The number of anilines is 3. The van der Waals surface area contributed by atoms with Crippen molar-refractivity contribution in [3.05, 3.63) is 125 Å². The molecule has 0 N–H and O–H groups in total. The van der Waals surface area contributed by atoms with Crippen molar-refractivity contribution >= 4 is 69.6 Å². The number of hydrogen-bond acceptors (Lipinski definition) is 14. The van der Waals surface area contributed by atoms with Gasteiger partial charge in [0.15, 0.2) is 5.78 Å². The molecule has 4 rings (SSSR count). The van der Waals surface area contributed by atoms with Crippen molar-refractivity contribution in [3.63, 3.8) is 0 Å². The highest BCUT2D eigenvalue weighted by Crippen LogP contribution is 2.35. The van der Waals surface area contributed by atoms with E-state index in [4.69, 9.17) is 19.4 Å². The predicted octanol–water partition coefficient (Wildman–Crippen LogP) is 9.06. The zero-order chi connectivity index (χ0) is 42.9. The van der Waals surface area contributed by atoms with Gasteiger partial charge in [-0.15, -0.1) is 0 Å². The number of nitrogens with zero attached hydrogens (tertiary/aromatic N) is 5. The van der Waals surface area contributed by atoms with E-state index in [0.717, 1.165) is 31.2 Å². The Morgan fingerprint density at radius 1 is 0.508 bits per heavy atom. The molecule has 0 aliphatic heterocycles. The number of rotatable bonds is 18. The summed E-state index contributed by atoms with van der Waals surface area (Å²) in [5, 5.41) is 16.0. The average Bonchev–Trinajstić information content (AvgIpc) is 3.21. The van der Waals surface area contributed by atoms with Crippen LogP contribution in [0.2, 0.25) is 0 Å². The second-order valence-electron chi connectivity index (χ2n) is 13.4. The predicted molar refractivity (Wildman–Crippen MR) is 225 cm³/mol. The lowest BCUT2D eigenvalue weighted by Crippen LogP contribution is -2.19. The van der Waals surface area contributed by atoms with Gasteiger partial charge in [-0.1, -0.05) is 95.3 Å². The molecule has 0 aliphatic carbocycles. The molecule has 4 aromatic rings. The average molecular weight is 802 g/mol. The molecular formula is C45H47N5O9. The minimum absolute atomic E-state index is 0.110. The Hall–Kier alpha value is -7.09. The zero-order valence-electron chi connectivity index (χ0n) is 34.2. The Bertz CT molecular complexity index is 2260. The monoisotopic (exact) mass is 801 g/mol. The van der Waals surface area contributed by atoms with Crippen molar-refractivity contribution < 1.29 is 43.3 Å². The van der Waals surface area contributed by atoms with Gasteiger partial charge in [0.1, 0.15) is 22.8 Å². The molecule has 0 spiro atoms. The summed E-state index contributed by atoms with van der Waals surface area (Å²) < 4.78 is 0. The highest BCUT2D eigenvalue weighted by Gasteiger charge is 2.20. The van der Waals surface area contributed by atoms with Crippen molar-refractivity contribution in [2.24, 2.45) is 20.6 Å². The van der Waals surface area contributed by atoms with E-state index in [2.05, 4.69) is 27.5 Å². The first-order valence-electron chi connectivity index (χ1n) is 19.0. The SMILES string of the molecule is CCCCCCC(=NOC(C)=O)/C(=N\OC(C)=O)c1ccc(N(c2ccc(C(=O)c3ccccc3C)cc2)c2ccc(C(=NOC(C)=O)C(C)=NOC(C)=O)cc2)cc1. The highest BCUT2D eigenvalue weighted by atomic mass is 16.7. The van der Waals surface area contributed by atoms with Crippen LogP contribution in [0.25, 0.3) is 0 Å². The van der Waals surface area contributed by atoms with Crippen molar-refractivity contribution in [1.29, 1.82) is 0 Å². The third-order valence-electron chi connectivity index (χ3n) is 8.58. The Kier molecular flexibility index (Phi) is 16.6. The molecule has 0 bridgehead atoms. The van der Waals surface area contributed by atoms with Gasteiger partial charge in [0.05, 0.1) is 0 Å². The van der Waals surface area contributed by atoms with E-state index in [1.54, 1.807) is 49.4 Å². The van der Waals surface area contributed by atoms with Crippen LogP contribution in [0.5, 0.6) is 0 Å². The molecule has 0 saturated carbocycles. The van der Waals surface area contributed by atoms with Gasteiger partial charge >= 0.3 is 23.9 Å². The maximum absolute atomic E-state index is 13.5. The summed E-state index contributed by atoms with van der Waals surface area (Å²) in [7, 11) is 0. The summed E-state index contributed by atoms with van der Waals surface area (Å²) in [6.45, 7) is 10.4. The summed E-state index contributed by atoms with van der Waals surface area (Å²) in [6.07, 6.45) is 4.08. The molecular weight excluding hydrogens is 755 g/mol. The number of unbranched alkanes of at least 4 members (excludes halogenated alkanes) is 3. The normalized spacial score (nSPS) is 12.1. The summed E-state index contributed by atoms with van der Waals surface area (Å²) >= 11 is 0. The van der Waals surface area contributed by atoms with Crippen LogP contribution in [0, 0.1) is 6.92 Å². The first kappa shape index (κ1) is 44.6. The van der Waals surface area contributed by atoms with Gasteiger partial charge in [-0.05, 0) is 80.8 Å². The second kappa shape index (κ2) is 22.0. The maximum Gasteiger partial charge on any atom is 0.332 e. The van der Waals surface area contributed by atoms with Crippen LogP contribution in [-0.4, -0.2) is 52.5 Å². The number of aryl methyl sites for hydroxylation is 1. The van der Waals surface area contributed by atoms with Gasteiger partial charge in [-0.25, -0.2) is 19.2 Å². The fourth-order valence-electron chi connectivity index (χ4n) is 5.77. The van der Waals surface area contributed by atoms with Crippen LogP contribution >= 0.6 is 0 Å². The molecule has 0 heterocycles. The van der Waals surface area contributed by atoms with Gasteiger partial charge in [0.25, 0.3) is 0 Å². The lowest BCUT2D eigenvalue weighted by atomic mass is 9.98. The zero-order valence-corrected chi connectivity index (χ0v) is 34.2. The van der Waals surface area contributed by atoms with Crippen molar-refractivity contribution in [2.45, 2.75) is 80.6 Å². The van der Waals surface area contributed by atoms with Crippen LogP contribution in [0.4, 0.5) is 17.1 Å². The number of carbonyl (C=O) groups is 5. The summed E-state index contributed by atoms with van der Waals surface area (Å²) in [5.41, 5.74) is 6.01. The Morgan fingerprint density at radius 2 is 0.949 bits per heavy atom. The smallest absolute Gasteiger partial charge is 0.318 e. The molecule has 4 aromatic carbocycles. The van der Waals surface area contributed by atoms with E-state index < -0.39 is 23.9 Å². The fourth-order valence-corrected chi connectivity index (χ4v) is 5.77. The number of oxime groups is 4. The Balaban J connectivity index is 1.82. The third kappa shape index (κ3) is 13.2. The molecule has 306 valence electrons. The molecule has 0 radical (unpaired) electrons. The molecule has 59 heavy (non-hydrogen) atoms. The van der Waals surface area contributed by atoms with E-state index in [1.165, 1.54) is 27.7 Å². The van der Waals surface area contributed by atoms with Gasteiger partial charge in [0.2, 0.25) is 0 Å². The minimum atomic E-state index is -0.652. The molecule has 0 aliphatic rings. The number of hydrogen-bond donors (Lipinski definition) is 0. The highest BCUT2D eigenvalue weighted by molar-refractivity contribution is 6.48. The van der Waals surface area contributed by atoms with Crippen LogP contribution in [0.3, 0.4) is 0 Å². The van der Waals surface area contributed by atoms with Gasteiger partial charge in [0, 0.05) is 67.0 Å². The molecule has 0 atom stereocenters. The second-order valence-corrected chi connectivity index (χ2v) is 13.4. The first-order valence-corrected chi connectivity index (χ1v) is 19.0. The summed E-state index contributed by atoms with van der Waals surface area (Å²) in [4.78, 5) is 82.0. The summed E-state index contributed by atoms with van der Waals surface area (Å²) in [5.74, 6) is -2.64. The minimum Gasteiger partial charge on any atom is -0.318 e. The Morgan fingerprint density at radius 3 is 1.44 bits per heavy atom. The van der Waals surface area contributed by atoms with E-state index in [-0.39, 0.29) is 22.9 Å². The molecule has 0 amide bonds. The van der Waals surface area contributed by atoms with Gasteiger partial charge in [-0.2, -0.15) is 0 Å². The third-order valence-corrected chi connectivity index (χ3v) is 8.58. The quantitative estimate of drug-likeness (QED) is 0.0310. The molecule has 14 nitrogen and oxygen atoms in total. The van der Waals surface area contributed by atoms with Crippen LogP contribution in [-0.2, 0) is 38.5 Å². The van der Waals surface area contributed by atoms with Crippen molar-refractivity contribution in [1.82, 2.24) is 0 Å². The molecule has 0 saturated heterocycles. The number of benzene rings is 4. The molecule has 14 heteroatoms. The largest absolute Gasteiger partial charge is 0.332 e. The van der Waals surface area contributed by atoms with Crippen molar-refractivity contribution in [2.75, 3.05) is 4.90 Å². The maximum atomic E-state index is 13.5. The van der Waals surface area contributed by atoms with E-state index in [0.29, 0.717) is 51.4 Å². The van der Waals surface area contributed by atoms with Crippen LogP contribution < -0.4 is 4.90 Å². The van der Waals surface area contributed by atoms with Crippen molar-refractivity contribution in [3.8, 4) is 0 Å². The number of ketones is 1. The van der Waals surface area contributed by atoms with Gasteiger partial charge < -0.3 is 24.3 Å². The van der Waals surface area contributed by atoms with Gasteiger partial charge in [-0.3, -0.25) is 4.79 Å². The fraction of sp³-hybridized carbons (Fsp3) is 0.267. The first-order chi connectivity index (χ1) is 28.3. The lowest BCUT2D eigenvalue weighted by molar-refractivity contribution is -0.142. The van der Waals surface area contributed by atoms with E-state index >= 15 is 0 Å². The van der Waals surface area contributed by atoms with E-state index in [9.17, 15) is 24.0 Å². The topological polar surface area (TPSA) is 175 Å². The van der Waals surface area contributed by atoms with Crippen LogP contribution in [0.15, 0.2) is 118 Å². The standard InChI is InChI=1S/C45H47N5O9/c1-8-9-10-11-16-42(47-57-32(5)52)44(49-59-34(7)54)36-19-25-39(26-20-36)50(40-27-21-37(22-28-40)45(55)41-15-13-12-14-29(41)2)38-23-17-35(18-24-38)43(48-58-33(6)53)30(3)46-56-31(4)51/h12-15,17-28H,8-11,16H2,1-7H3/b46-30?,47-42?,48-43?,49-44-. The molecule has 0 fully saturated rings. The van der Waals surface area contributed by atoms with E-state index in [1.807, 2.05) is 66.4 Å². The number of carbonyl (C=O) groups excluding carboxylic acids is 5. The molecule has 0 unspecified atom stereocenters. The lowest BCUT2D eigenvalue weighted by Gasteiger charge is -2.26.